The van der Waals surface area contributed by atoms with E-state index in [-0.39, 0.29) is 12.5 Å². The highest BCUT2D eigenvalue weighted by Gasteiger charge is 2.12. The predicted molar refractivity (Wildman–Crippen MR) is 133 cm³/mol. The van der Waals surface area contributed by atoms with Crippen LogP contribution in [0.2, 0.25) is 0 Å². The highest BCUT2D eigenvalue weighted by atomic mass is 16.4. The Labute approximate surface area is 199 Å². The summed E-state index contributed by atoms with van der Waals surface area (Å²) in [5, 5.41) is 9.19. The first-order valence-corrected chi connectivity index (χ1v) is 10.8. The summed E-state index contributed by atoms with van der Waals surface area (Å²) in [6.45, 7) is 1.66. The quantitative estimate of drug-likeness (QED) is 0.325. The zero-order valence-electron chi connectivity index (χ0n) is 18.7. The molecule has 3 heterocycles. The van der Waals surface area contributed by atoms with E-state index < -0.39 is 5.76 Å². The lowest BCUT2D eigenvalue weighted by Gasteiger charge is -2.11. The van der Waals surface area contributed by atoms with Crippen molar-refractivity contribution in [1.29, 1.82) is 0 Å². The number of anilines is 5. The number of carbonyl (C=O) groups is 1. The van der Waals surface area contributed by atoms with Gasteiger partial charge in [-0.1, -0.05) is 18.2 Å². The summed E-state index contributed by atoms with van der Waals surface area (Å²) >= 11 is 0. The molecule has 0 saturated heterocycles. The van der Waals surface area contributed by atoms with Crippen LogP contribution in [0.3, 0.4) is 0 Å². The lowest BCUT2D eigenvalue weighted by Crippen LogP contribution is -2.24. The van der Waals surface area contributed by atoms with Gasteiger partial charge in [0.1, 0.15) is 29.8 Å². The number of hydrogen-bond acceptors (Lipinski definition) is 8. The minimum absolute atomic E-state index is 0.151. The van der Waals surface area contributed by atoms with Gasteiger partial charge in [-0.15, -0.1) is 0 Å². The summed E-state index contributed by atoms with van der Waals surface area (Å²) in [5.74, 6) is 1.60. The number of pyridine rings is 1. The predicted octanol–water partition coefficient (Wildman–Crippen LogP) is 4.21. The van der Waals surface area contributed by atoms with Crippen LogP contribution in [-0.4, -0.2) is 25.4 Å². The maximum Gasteiger partial charge on any atom is 0.420 e. The van der Waals surface area contributed by atoms with Gasteiger partial charge in [-0.3, -0.25) is 9.36 Å². The van der Waals surface area contributed by atoms with Gasteiger partial charge in [0, 0.05) is 23.6 Å². The zero-order valence-corrected chi connectivity index (χ0v) is 18.7. The molecule has 0 atom stereocenters. The first kappa shape index (κ1) is 21.8. The van der Waals surface area contributed by atoms with Crippen LogP contribution in [0.25, 0.3) is 11.1 Å². The molecule has 2 aromatic carbocycles. The Morgan fingerprint density at radius 1 is 0.886 bits per heavy atom. The second kappa shape index (κ2) is 9.48. The molecule has 0 saturated carbocycles. The molecule has 0 aliphatic rings. The maximum absolute atomic E-state index is 12.5. The van der Waals surface area contributed by atoms with Crippen molar-refractivity contribution >= 4 is 45.8 Å². The fourth-order valence-corrected chi connectivity index (χ4v) is 3.56. The summed E-state index contributed by atoms with van der Waals surface area (Å²) in [5.41, 5.74) is 2.39. The number of aromatic nitrogens is 4. The van der Waals surface area contributed by atoms with Gasteiger partial charge in [0.25, 0.3) is 0 Å². The molecule has 5 aromatic rings. The monoisotopic (exact) mass is 467 g/mol. The SMILES string of the molecule is Cc1nc(Nc2ccc(NC(=O)Cn3c(=O)oc4ccccc43)cc2)cc(Nc2ccccn2)n1. The van der Waals surface area contributed by atoms with Crippen molar-refractivity contribution in [3.05, 3.63) is 95.4 Å². The second-order valence-electron chi connectivity index (χ2n) is 7.70. The molecule has 0 fully saturated rings. The van der Waals surface area contributed by atoms with Crippen LogP contribution >= 0.6 is 0 Å². The number of nitrogens with one attached hydrogen (secondary N) is 3. The van der Waals surface area contributed by atoms with Crippen LogP contribution in [0.5, 0.6) is 0 Å². The lowest BCUT2D eigenvalue weighted by molar-refractivity contribution is -0.116. The third-order valence-corrected chi connectivity index (χ3v) is 5.08. The van der Waals surface area contributed by atoms with Crippen LogP contribution in [0, 0.1) is 6.92 Å². The number of amides is 1. The van der Waals surface area contributed by atoms with E-state index in [2.05, 4.69) is 30.9 Å². The zero-order chi connectivity index (χ0) is 24.2. The van der Waals surface area contributed by atoms with Crippen LogP contribution in [0.4, 0.5) is 28.8 Å². The Bertz CT molecular complexity index is 1540. The molecule has 174 valence electrons. The highest BCUT2D eigenvalue weighted by Crippen LogP contribution is 2.21. The number of hydrogen-bond donors (Lipinski definition) is 3. The molecule has 0 radical (unpaired) electrons. The lowest BCUT2D eigenvalue weighted by atomic mass is 10.2. The first-order valence-electron chi connectivity index (χ1n) is 10.8. The molecule has 1 amide bonds. The number of aryl methyl sites for hydroxylation is 1. The summed E-state index contributed by atoms with van der Waals surface area (Å²) in [7, 11) is 0. The first-order chi connectivity index (χ1) is 17.0. The molecule has 10 heteroatoms. The third kappa shape index (κ3) is 5.17. The van der Waals surface area contributed by atoms with Gasteiger partial charge in [-0.25, -0.2) is 19.7 Å². The normalized spacial score (nSPS) is 10.8. The molecule has 3 aromatic heterocycles. The van der Waals surface area contributed by atoms with E-state index in [1.54, 1.807) is 48.7 Å². The summed E-state index contributed by atoms with van der Waals surface area (Å²) < 4.78 is 6.47. The third-order valence-electron chi connectivity index (χ3n) is 5.08. The smallest absolute Gasteiger partial charge is 0.408 e. The van der Waals surface area contributed by atoms with Crippen LogP contribution in [-0.2, 0) is 11.3 Å². The van der Waals surface area contributed by atoms with Gasteiger partial charge in [0.2, 0.25) is 5.91 Å². The van der Waals surface area contributed by atoms with Crippen molar-refractivity contribution in [2.75, 3.05) is 16.0 Å². The largest absolute Gasteiger partial charge is 0.420 e. The fraction of sp³-hybridized carbons (Fsp3) is 0.0800. The van der Waals surface area contributed by atoms with Crippen LogP contribution in [0.1, 0.15) is 5.82 Å². The number of oxazole rings is 1. The molecular weight excluding hydrogens is 446 g/mol. The molecule has 5 rings (SSSR count). The van der Waals surface area contributed by atoms with E-state index in [1.165, 1.54) is 4.57 Å². The molecule has 10 nitrogen and oxygen atoms in total. The van der Waals surface area contributed by atoms with Crippen molar-refractivity contribution in [1.82, 2.24) is 19.5 Å². The Hall–Kier alpha value is -4.99. The van der Waals surface area contributed by atoms with E-state index in [1.807, 2.05) is 37.3 Å². The molecule has 3 N–H and O–H groups in total. The van der Waals surface area contributed by atoms with Crippen molar-refractivity contribution in [2.45, 2.75) is 13.5 Å². The Kier molecular flexibility index (Phi) is 5.91. The van der Waals surface area contributed by atoms with Gasteiger partial charge >= 0.3 is 5.76 Å². The number of fused-ring (bicyclic) bond motifs is 1. The second-order valence-corrected chi connectivity index (χ2v) is 7.70. The Morgan fingerprint density at radius 2 is 1.60 bits per heavy atom. The molecule has 0 aliphatic heterocycles. The summed E-state index contributed by atoms with van der Waals surface area (Å²) in [6, 6.07) is 21.5. The van der Waals surface area contributed by atoms with Gasteiger partial charge in [0.05, 0.1) is 5.52 Å². The van der Waals surface area contributed by atoms with Crippen molar-refractivity contribution < 1.29 is 9.21 Å². The van der Waals surface area contributed by atoms with Crippen molar-refractivity contribution in [2.24, 2.45) is 0 Å². The topological polar surface area (TPSA) is 127 Å². The maximum atomic E-state index is 12.5. The fourth-order valence-electron chi connectivity index (χ4n) is 3.56. The molecular formula is C25H21N7O3. The number of rotatable bonds is 7. The molecule has 0 spiro atoms. The minimum atomic E-state index is -0.571. The average molecular weight is 467 g/mol. The summed E-state index contributed by atoms with van der Waals surface area (Å²) in [6.07, 6.45) is 1.70. The van der Waals surface area contributed by atoms with E-state index >= 15 is 0 Å². The molecule has 0 aliphatic carbocycles. The Morgan fingerprint density at radius 3 is 2.37 bits per heavy atom. The number of carbonyl (C=O) groups excluding carboxylic acids is 1. The number of benzene rings is 2. The van der Waals surface area contributed by atoms with Crippen LogP contribution in [0.15, 0.2) is 88.2 Å². The van der Waals surface area contributed by atoms with E-state index in [0.29, 0.717) is 40.1 Å². The van der Waals surface area contributed by atoms with Gasteiger partial charge in [0.15, 0.2) is 5.58 Å². The van der Waals surface area contributed by atoms with Crippen LogP contribution < -0.4 is 21.7 Å². The molecule has 0 unspecified atom stereocenters. The van der Waals surface area contributed by atoms with Crippen molar-refractivity contribution in [3.63, 3.8) is 0 Å². The average Bonchev–Trinajstić information content (AvgIpc) is 3.15. The molecule has 35 heavy (non-hydrogen) atoms. The van der Waals surface area contributed by atoms with E-state index in [4.69, 9.17) is 4.42 Å². The summed E-state index contributed by atoms with van der Waals surface area (Å²) in [4.78, 5) is 37.7. The highest BCUT2D eigenvalue weighted by molar-refractivity contribution is 5.91. The van der Waals surface area contributed by atoms with Crippen molar-refractivity contribution in [3.8, 4) is 0 Å². The minimum Gasteiger partial charge on any atom is -0.408 e. The number of para-hydroxylation sites is 2. The van der Waals surface area contributed by atoms with E-state index in [9.17, 15) is 9.59 Å². The standard InChI is InChI=1S/C25H21N7O3/c1-16-27-22(14-23(28-16)31-21-8-4-5-13-26-21)29-17-9-11-18(12-10-17)30-24(33)15-32-19-6-2-3-7-20(19)35-25(32)34/h2-14H,15H2,1H3,(H,30,33)(H2,26,27,28,29,31). The van der Waals surface area contributed by atoms with E-state index in [0.717, 1.165) is 5.69 Å². The van der Waals surface area contributed by atoms with Gasteiger partial charge in [-0.05, 0) is 55.5 Å². The number of nitrogens with zero attached hydrogens (tertiary/aromatic N) is 4. The van der Waals surface area contributed by atoms with Gasteiger partial charge < -0.3 is 20.4 Å². The van der Waals surface area contributed by atoms with Gasteiger partial charge in [-0.2, -0.15) is 0 Å². The molecule has 0 bridgehead atoms. The Balaban J connectivity index is 1.24.